The summed E-state index contributed by atoms with van der Waals surface area (Å²) in [5.74, 6) is -0.0407. The minimum absolute atomic E-state index is 0. The lowest BCUT2D eigenvalue weighted by Crippen LogP contribution is -2.49. The van der Waals surface area contributed by atoms with Gasteiger partial charge in [-0.05, 0) is 143 Å². The third-order valence-electron chi connectivity index (χ3n) is 20.0. The SMILES string of the molecule is C.C=C1NC(=O)NC=C1C1O[C@H](CCP(=C)(C)C)[C@@H](O)[C@@]1(C)O.C=C1NC(=O)NC=C1C1O[C@H](CCP(=C)(C)C)[C@@H](O)[C@H]1C.C=C1NC(=O)NC=C1C1O[C@H](CCP(=C)(C)C)[C@@H](O)[C@H]1OC.C=C1NC(=O)NC=C1C1O[C@H](CCP(=C)(C)C)[C@@H](O)[C@H]1OC.C=C1NC(=O)NC=C1C1O[C@](C)(CCP(=C)(C)C)[C@@H](O)[C@H]1O. The van der Waals surface area contributed by atoms with Gasteiger partial charge < -0.3 is 122 Å². The minimum atomic E-state index is -1.45. The fraction of sp³-hybridized carbons (Fsp3) is 0.605. The van der Waals surface area contributed by atoms with E-state index in [1.165, 1.54) is 19.3 Å². The number of ether oxygens (including phenoxy) is 7. The monoisotopic (exact) mass is 1640 g/mol. The highest BCUT2D eigenvalue weighted by Crippen LogP contribution is 2.47. The molecule has 10 amide bonds. The largest absolute Gasteiger partial charge is 0.390 e. The number of carbonyl (C=O) groups excluding carboxylic acids is 5. The lowest BCUT2D eigenvalue weighted by molar-refractivity contribution is -0.0634. The van der Waals surface area contributed by atoms with Crippen LogP contribution < -0.4 is 53.2 Å². The number of nitrogens with one attached hydrogen (secondary N) is 10. The van der Waals surface area contributed by atoms with Crippen LogP contribution in [-0.2, 0) is 33.2 Å². The molecule has 17 N–H and O–H groups in total. The van der Waals surface area contributed by atoms with Crippen molar-refractivity contribution in [3.05, 3.63) is 120 Å². The van der Waals surface area contributed by atoms with Crippen molar-refractivity contribution in [3.63, 3.8) is 0 Å². The summed E-state index contributed by atoms with van der Waals surface area (Å²) >= 11 is 0. The van der Waals surface area contributed by atoms with Gasteiger partial charge in [0, 0.05) is 107 Å². The second-order valence-corrected chi connectivity index (χ2v) is 54.7. The Balaban J connectivity index is 0.000000246. The van der Waals surface area contributed by atoms with Crippen LogP contribution >= 0.6 is 34.4 Å². The first-order chi connectivity index (χ1) is 50.2. The molecule has 5 fully saturated rings. The molecule has 0 saturated carbocycles. The number of amides is 10. The first-order valence-electron chi connectivity index (χ1n) is 36.1. The molecule has 0 aromatic rings. The van der Waals surface area contributed by atoms with Gasteiger partial charge in [0.25, 0.3) is 0 Å². The average Bonchev–Trinajstić information content (AvgIpc) is 1.62. The zero-order valence-electron chi connectivity index (χ0n) is 66.2. The summed E-state index contributed by atoms with van der Waals surface area (Å²) < 4.78 is 40.8. The summed E-state index contributed by atoms with van der Waals surface area (Å²) in [6.45, 7) is 39.9. The van der Waals surface area contributed by atoms with Crippen molar-refractivity contribution in [2.75, 3.05) is 112 Å². The van der Waals surface area contributed by atoms with Gasteiger partial charge in [-0.25, -0.2) is 24.0 Å². The van der Waals surface area contributed by atoms with Crippen molar-refractivity contribution in [2.24, 2.45) is 5.92 Å². The van der Waals surface area contributed by atoms with E-state index in [9.17, 15) is 59.7 Å². The van der Waals surface area contributed by atoms with Gasteiger partial charge in [0.05, 0.1) is 42.2 Å². The van der Waals surface area contributed by atoms with Gasteiger partial charge in [-0.3, -0.25) is 0 Å². The highest BCUT2D eigenvalue weighted by molar-refractivity contribution is 7.73. The van der Waals surface area contributed by atoms with Crippen LogP contribution in [0.25, 0.3) is 0 Å². The number of rotatable bonds is 22. The predicted octanol–water partition coefficient (Wildman–Crippen LogP) is 5.43. The van der Waals surface area contributed by atoms with Gasteiger partial charge in [-0.2, -0.15) is 0 Å². The number of hydrogen-bond donors (Lipinski definition) is 17. The van der Waals surface area contributed by atoms with Crippen LogP contribution in [0.15, 0.2) is 120 Å². The van der Waals surface area contributed by atoms with Crippen LogP contribution in [0.5, 0.6) is 0 Å². The van der Waals surface area contributed by atoms with E-state index >= 15 is 0 Å². The quantitative estimate of drug-likeness (QED) is 0.0601. The van der Waals surface area contributed by atoms with Crippen LogP contribution in [0.4, 0.5) is 24.0 Å². The second kappa shape index (κ2) is 38.9. The Morgan fingerprint density at radius 3 is 1.00 bits per heavy atom. The third-order valence-corrected chi connectivity index (χ3v) is 27.4. The molecule has 20 atom stereocenters. The van der Waals surface area contributed by atoms with E-state index in [-0.39, 0.29) is 67.9 Å². The Hall–Kier alpha value is -5.31. The molecule has 29 nitrogen and oxygen atoms in total. The summed E-state index contributed by atoms with van der Waals surface area (Å²) in [5.41, 5.74) is 3.17. The van der Waals surface area contributed by atoms with Crippen LogP contribution in [0.2, 0.25) is 0 Å². The van der Waals surface area contributed by atoms with Gasteiger partial charge in [0.2, 0.25) is 0 Å². The van der Waals surface area contributed by atoms with Gasteiger partial charge in [-0.15, -0.1) is 65.9 Å². The molecule has 10 aliphatic heterocycles. The van der Waals surface area contributed by atoms with Crippen molar-refractivity contribution in [1.29, 1.82) is 0 Å². The third kappa shape index (κ3) is 26.1. The van der Waals surface area contributed by atoms with E-state index in [0.717, 1.165) is 55.6 Å². The van der Waals surface area contributed by atoms with E-state index in [4.69, 9.17) is 33.2 Å². The van der Waals surface area contributed by atoms with Crippen molar-refractivity contribution in [1.82, 2.24) is 53.2 Å². The van der Waals surface area contributed by atoms with E-state index in [0.29, 0.717) is 63.6 Å². The Morgan fingerprint density at radius 1 is 0.409 bits per heavy atom. The van der Waals surface area contributed by atoms with Crippen LogP contribution in [0.1, 0.15) is 60.3 Å². The number of hydrogen-bond acceptors (Lipinski definition) is 19. The fourth-order valence-corrected chi connectivity index (χ4v) is 18.3. The molecule has 0 aromatic heterocycles. The van der Waals surface area contributed by atoms with E-state index in [2.05, 4.69) is 184 Å². The molecule has 0 aromatic carbocycles. The highest BCUT2D eigenvalue weighted by atomic mass is 31.2. The van der Waals surface area contributed by atoms with E-state index in [1.54, 1.807) is 39.7 Å². The molecular weight excluding hydrogens is 1510 g/mol. The molecule has 0 bridgehead atoms. The van der Waals surface area contributed by atoms with Crippen molar-refractivity contribution in [2.45, 2.75) is 175 Å². The molecule has 10 aliphatic rings. The number of aliphatic hydroxyl groups is 7. The van der Waals surface area contributed by atoms with Crippen LogP contribution in [-0.4, -0.2) is 324 Å². The van der Waals surface area contributed by atoms with Crippen molar-refractivity contribution < 1.29 is 92.9 Å². The lowest BCUT2D eigenvalue weighted by Gasteiger charge is -2.30. The fourth-order valence-electron chi connectivity index (χ4n) is 13.5. The molecule has 110 heavy (non-hydrogen) atoms. The second-order valence-electron chi connectivity index (χ2n) is 33.1. The minimum Gasteiger partial charge on any atom is -0.390 e. The molecule has 10 rings (SSSR count). The molecule has 5 saturated heterocycles. The van der Waals surface area contributed by atoms with E-state index < -0.39 is 125 Å². The number of methoxy groups -OCH3 is 2. The van der Waals surface area contributed by atoms with Crippen molar-refractivity contribution >= 4 is 96.1 Å². The van der Waals surface area contributed by atoms with Gasteiger partial charge in [0.15, 0.2) is 0 Å². The topological polar surface area (TPSA) is 412 Å². The predicted molar refractivity (Wildman–Crippen MR) is 453 cm³/mol. The zero-order chi connectivity index (χ0) is 82.2. The maximum Gasteiger partial charge on any atom is 0.323 e. The lowest BCUT2D eigenvalue weighted by atomic mass is 9.87. The standard InChI is InChI=1S/4C15H25N2O4P.C15H25N2O3P.CH4/c1-9-10(8-16-14(20)17-9)12-11(18)13(19)15(2,21-12)6-7-22(3,4)5;1-9-10(8-16-14(19)17-9)13-15(2,20)12(18)11(21-13)6-7-22(3,4)5;2*1-9-10(8-16-15(19)17-9)13-14(20-2)12(18)11(21-13)6-7-22(3,4)5;1-9-13(18)12(6-7-21(3,4)5)20-14(9)11-8-16-15(19)17-10(11)2;/h8,11-13,18-19H,1,3,6-7H2,2,4-5H3,(H2,16,17,20);8,11-13,18,20H,1,3,6-7H2,2,4-5H3,(H2,16,17,19);2*8,11-14,18H,1,3,6-7H2,2,4-5H3,(H2,16,17,19);8-9,12-14,18H,2-3,6-7H2,1,4-5H3,(H2,16,17,19);1H4/t11-,12?,13-,15+;11-,12-,13?,15-;2*11-,12-,13?,14-;9-,12-,13+,14?;/m01111./s1. The number of carbonyl (C=O) groups is 5. The maximum atomic E-state index is 11.3. The molecule has 5 unspecified atom stereocenters. The molecular formula is C76H129N10O19P5. The summed E-state index contributed by atoms with van der Waals surface area (Å²) in [7, 11) is 3.09. The van der Waals surface area contributed by atoms with Crippen molar-refractivity contribution in [3.8, 4) is 0 Å². The number of urea groups is 5. The van der Waals surface area contributed by atoms with Gasteiger partial charge in [0.1, 0.15) is 72.7 Å². The molecule has 34 heteroatoms. The highest BCUT2D eigenvalue weighted by Gasteiger charge is 2.56. The summed E-state index contributed by atoms with van der Waals surface area (Å²) in [4.78, 5) is 56.3. The molecule has 0 radical (unpaired) electrons. The Bertz CT molecular complexity index is 3710. The Labute approximate surface area is 652 Å². The van der Waals surface area contributed by atoms with Gasteiger partial charge in [-0.1, -0.05) is 47.2 Å². The smallest absolute Gasteiger partial charge is 0.323 e. The molecule has 0 aliphatic carbocycles. The number of aliphatic hydroxyl groups excluding tert-OH is 6. The average molecular weight is 1640 g/mol. The maximum absolute atomic E-state index is 11.3. The Morgan fingerprint density at radius 2 is 0.691 bits per heavy atom. The van der Waals surface area contributed by atoms with Gasteiger partial charge >= 0.3 is 30.2 Å². The molecule has 622 valence electrons. The Kier molecular flexibility index (Phi) is 33.7. The normalized spacial score (nSPS) is 33.7. The summed E-state index contributed by atoms with van der Waals surface area (Å²) in [6.07, 6.45) is 26.8. The zero-order valence-corrected chi connectivity index (χ0v) is 70.7. The molecule has 0 spiro atoms. The van der Waals surface area contributed by atoms with E-state index in [1.807, 2.05) is 6.92 Å². The first kappa shape index (κ1) is 95.3. The molecule has 10 heterocycles. The van der Waals surface area contributed by atoms with Crippen LogP contribution in [0.3, 0.4) is 0 Å². The first-order valence-corrected chi connectivity index (χ1v) is 51.3. The summed E-state index contributed by atoms with van der Waals surface area (Å²) in [6, 6.07) is -1.72. The summed E-state index contributed by atoms with van der Waals surface area (Å²) in [5, 5.41) is 98.8. The van der Waals surface area contributed by atoms with Crippen LogP contribution in [0, 0.1) is 5.92 Å².